The van der Waals surface area contributed by atoms with E-state index in [1.807, 2.05) is 18.2 Å². The fourth-order valence-electron chi connectivity index (χ4n) is 8.89. The van der Waals surface area contributed by atoms with Gasteiger partial charge in [0, 0.05) is 32.7 Å². The van der Waals surface area contributed by atoms with Gasteiger partial charge in [0.1, 0.15) is 33.7 Å². The van der Waals surface area contributed by atoms with E-state index in [4.69, 9.17) is 13.3 Å². The van der Waals surface area contributed by atoms with Crippen LogP contribution >= 0.6 is 0 Å². The smallest absolute Gasteiger partial charge is 0.147 e. The molecule has 0 aliphatic heterocycles. The number of hydrogen-bond donors (Lipinski definition) is 0. The summed E-state index contributed by atoms with van der Waals surface area (Å²) in [5.74, 6) is 0.860. The molecule has 0 bridgehead atoms. The van der Waals surface area contributed by atoms with Crippen LogP contribution in [0, 0.1) is 0 Å². The van der Waals surface area contributed by atoms with Crippen molar-refractivity contribution >= 4 is 76.4 Å². The zero-order chi connectivity index (χ0) is 36.0. The summed E-state index contributed by atoms with van der Waals surface area (Å²) >= 11 is 0. The van der Waals surface area contributed by atoms with Crippen molar-refractivity contribution in [2.75, 3.05) is 0 Å². The van der Waals surface area contributed by atoms with Crippen molar-refractivity contribution in [1.82, 2.24) is 0 Å². The van der Waals surface area contributed by atoms with Crippen molar-refractivity contribution in [3.05, 3.63) is 182 Å². The Hall–Kier alpha value is -7.36. The molecule has 0 atom stereocenters. The number of benzene rings is 9. The number of hydrogen-bond acceptors (Lipinski definition) is 3. The molecule has 0 amide bonds. The van der Waals surface area contributed by atoms with E-state index in [-0.39, 0.29) is 0 Å². The summed E-state index contributed by atoms with van der Waals surface area (Å²) in [6.45, 7) is 0. The Morgan fingerprint density at radius 1 is 0.255 bits per heavy atom. The van der Waals surface area contributed by atoms with E-state index in [1.165, 1.54) is 32.7 Å². The molecule has 0 N–H and O–H groups in total. The highest BCUT2D eigenvalue weighted by Crippen LogP contribution is 2.48. The minimum absolute atomic E-state index is 0.805. The van der Waals surface area contributed by atoms with Crippen LogP contribution in [0.1, 0.15) is 0 Å². The highest BCUT2D eigenvalue weighted by atomic mass is 16.3. The third-order valence-corrected chi connectivity index (χ3v) is 11.3. The molecule has 0 unspecified atom stereocenters. The molecule has 3 heterocycles. The molecule has 0 aliphatic carbocycles. The van der Waals surface area contributed by atoms with Gasteiger partial charge in [-0.25, -0.2) is 0 Å². The maximum absolute atomic E-state index is 6.88. The topological polar surface area (TPSA) is 39.4 Å². The Balaban J connectivity index is 1.09. The van der Waals surface area contributed by atoms with Gasteiger partial charge in [-0.1, -0.05) is 140 Å². The van der Waals surface area contributed by atoms with E-state index in [1.54, 1.807) is 0 Å². The van der Waals surface area contributed by atoms with E-state index in [9.17, 15) is 0 Å². The average Bonchev–Trinajstić information content (AvgIpc) is 3.94. The normalized spacial score (nSPS) is 12.0. The van der Waals surface area contributed by atoms with Crippen LogP contribution in [0.4, 0.5) is 0 Å². The van der Waals surface area contributed by atoms with Gasteiger partial charge >= 0.3 is 0 Å². The van der Waals surface area contributed by atoms with Crippen molar-refractivity contribution in [3.63, 3.8) is 0 Å². The molecule has 55 heavy (non-hydrogen) atoms. The predicted molar refractivity (Wildman–Crippen MR) is 228 cm³/mol. The second kappa shape index (κ2) is 11.6. The molecule has 3 nitrogen and oxygen atoms in total. The van der Waals surface area contributed by atoms with Crippen molar-refractivity contribution < 1.29 is 13.3 Å². The van der Waals surface area contributed by atoms with Gasteiger partial charge in [-0.05, 0) is 91.8 Å². The van der Waals surface area contributed by atoms with Crippen LogP contribution in [-0.2, 0) is 0 Å². The summed E-state index contributed by atoms with van der Waals surface area (Å²) in [6.07, 6.45) is 0. The second-order valence-corrected chi connectivity index (χ2v) is 14.3. The SMILES string of the molecule is c1ccc(-c2oc3c(ccc4oc5cc(-c6c7ccccc7c(-c7ccc8oc9ccccc9c8c7)c7ccccc67)ccc5c43)c2-c2ccccc2)cc1. The molecule has 12 aromatic rings. The molecule has 3 heteroatoms. The van der Waals surface area contributed by atoms with Gasteiger partial charge in [0.05, 0.1) is 5.39 Å². The lowest BCUT2D eigenvalue weighted by molar-refractivity contribution is 0.634. The number of para-hydroxylation sites is 1. The van der Waals surface area contributed by atoms with E-state index in [0.29, 0.717) is 0 Å². The fourth-order valence-corrected chi connectivity index (χ4v) is 8.89. The minimum Gasteiger partial charge on any atom is -0.456 e. The van der Waals surface area contributed by atoms with Gasteiger partial charge in [-0.3, -0.25) is 0 Å². The molecule has 0 saturated heterocycles. The molecule has 0 saturated carbocycles. The lowest BCUT2D eigenvalue weighted by atomic mass is 9.85. The van der Waals surface area contributed by atoms with E-state index in [2.05, 4.69) is 164 Å². The van der Waals surface area contributed by atoms with Crippen LogP contribution in [0.3, 0.4) is 0 Å². The predicted octanol–water partition coefficient (Wildman–Crippen LogP) is 15.2. The van der Waals surface area contributed by atoms with Crippen molar-refractivity contribution in [2.24, 2.45) is 0 Å². The first-order chi connectivity index (χ1) is 27.3. The largest absolute Gasteiger partial charge is 0.456 e. The maximum Gasteiger partial charge on any atom is 0.147 e. The first kappa shape index (κ1) is 30.1. The molecule has 9 aromatic carbocycles. The molecule has 12 rings (SSSR count). The summed E-state index contributed by atoms with van der Waals surface area (Å²) < 4.78 is 19.8. The number of rotatable bonds is 4. The van der Waals surface area contributed by atoms with Gasteiger partial charge in [-0.2, -0.15) is 0 Å². The van der Waals surface area contributed by atoms with E-state index >= 15 is 0 Å². The molecule has 256 valence electrons. The molecule has 0 radical (unpaired) electrons. The van der Waals surface area contributed by atoms with Crippen molar-refractivity contribution in [1.29, 1.82) is 0 Å². The standard InChI is InChI=1S/C52H30O3/c1-3-13-31(14-4-1)49-41-26-28-45-50(52(41)55-51(49)32-15-5-2-6-16-32)40-25-23-34(30-46(40)54-45)48-38-20-9-7-18-36(38)47(37-19-8-10-21-39(37)48)33-24-27-44-42(29-33)35-17-11-12-22-43(35)53-44/h1-30H. The number of furan rings is 3. The molecule has 3 aromatic heterocycles. The summed E-state index contributed by atoms with van der Waals surface area (Å²) in [6, 6.07) is 64.2. The van der Waals surface area contributed by atoms with Crippen LogP contribution in [0.15, 0.2) is 195 Å². The van der Waals surface area contributed by atoms with Gasteiger partial charge in [0.15, 0.2) is 0 Å². The molecular weight excluding hydrogens is 673 g/mol. The van der Waals surface area contributed by atoms with Crippen molar-refractivity contribution in [3.8, 4) is 44.7 Å². The van der Waals surface area contributed by atoms with Gasteiger partial charge < -0.3 is 13.3 Å². The molecule has 0 fully saturated rings. The molecule has 0 spiro atoms. The molecular formula is C52H30O3. The van der Waals surface area contributed by atoms with Crippen LogP contribution in [-0.4, -0.2) is 0 Å². The Kier molecular flexibility index (Phi) is 6.34. The average molecular weight is 703 g/mol. The lowest BCUT2D eigenvalue weighted by Gasteiger charge is -2.17. The maximum atomic E-state index is 6.88. The highest BCUT2D eigenvalue weighted by Gasteiger charge is 2.23. The fraction of sp³-hybridized carbons (Fsp3) is 0. The first-order valence-electron chi connectivity index (χ1n) is 18.7. The summed E-state index contributed by atoms with van der Waals surface area (Å²) in [7, 11) is 0. The van der Waals surface area contributed by atoms with Gasteiger partial charge in [0.2, 0.25) is 0 Å². The minimum atomic E-state index is 0.805. The molecule has 0 aliphatic rings. The Labute approximate surface area is 315 Å². The third kappa shape index (κ3) is 4.44. The van der Waals surface area contributed by atoms with Gasteiger partial charge in [-0.15, -0.1) is 0 Å². The zero-order valence-electron chi connectivity index (χ0n) is 29.5. The van der Waals surface area contributed by atoms with Crippen LogP contribution in [0.5, 0.6) is 0 Å². The first-order valence-corrected chi connectivity index (χ1v) is 18.7. The Morgan fingerprint density at radius 3 is 1.45 bits per heavy atom. The van der Waals surface area contributed by atoms with E-state index in [0.717, 1.165) is 88.4 Å². The second-order valence-electron chi connectivity index (χ2n) is 14.3. The number of fused-ring (bicyclic) bond motifs is 10. The van der Waals surface area contributed by atoms with Crippen LogP contribution in [0.25, 0.3) is 121 Å². The zero-order valence-corrected chi connectivity index (χ0v) is 29.5. The summed E-state index contributed by atoms with van der Waals surface area (Å²) in [5.41, 5.74) is 12.2. The Morgan fingerprint density at radius 2 is 0.764 bits per heavy atom. The van der Waals surface area contributed by atoms with E-state index < -0.39 is 0 Å². The lowest BCUT2D eigenvalue weighted by Crippen LogP contribution is -1.90. The third-order valence-electron chi connectivity index (χ3n) is 11.3. The monoisotopic (exact) mass is 702 g/mol. The Bertz CT molecular complexity index is 3420. The van der Waals surface area contributed by atoms with Crippen LogP contribution in [0.2, 0.25) is 0 Å². The van der Waals surface area contributed by atoms with Crippen LogP contribution < -0.4 is 0 Å². The van der Waals surface area contributed by atoms with Gasteiger partial charge in [0.25, 0.3) is 0 Å². The highest BCUT2D eigenvalue weighted by molar-refractivity contribution is 6.24. The van der Waals surface area contributed by atoms with Crippen molar-refractivity contribution in [2.45, 2.75) is 0 Å². The summed E-state index contributed by atoms with van der Waals surface area (Å²) in [4.78, 5) is 0. The quantitative estimate of drug-likeness (QED) is 0.171. The summed E-state index contributed by atoms with van der Waals surface area (Å²) in [5, 5.41) is 10.1.